The lowest BCUT2D eigenvalue weighted by atomic mass is 10.0. The Balaban J connectivity index is 0.000000758. The van der Waals surface area contributed by atoms with Gasteiger partial charge in [-0.3, -0.25) is 9.35 Å². The van der Waals surface area contributed by atoms with Crippen molar-refractivity contribution < 1.29 is 8.76 Å². The van der Waals surface area contributed by atoms with Crippen LogP contribution in [0.25, 0.3) is 10.9 Å². The van der Waals surface area contributed by atoms with Crippen molar-refractivity contribution in [3.8, 4) is 0 Å². The molecule has 4 aromatic rings. The molecule has 3 aromatic carbocycles. The fraction of sp³-hybridized carbons (Fsp3) is 0.355. The number of nitrogens with two attached hydrogens (primary N) is 1. The molecule has 1 saturated heterocycles. The van der Waals surface area contributed by atoms with Crippen LogP contribution in [0.5, 0.6) is 0 Å². The molecule has 1 aliphatic carbocycles. The summed E-state index contributed by atoms with van der Waals surface area (Å²) >= 11 is -2.36. The van der Waals surface area contributed by atoms with E-state index in [1.165, 1.54) is 67.4 Å². The molecule has 210 valence electrons. The second kappa shape index (κ2) is 12.9. The van der Waals surface area contributed by atoms with Crippen molar-refractivity contribution in [2.24, 2.45) is 5.14 Å². The van der Waals surface area contributed by atoms with E-state index in [0.717, 1.165) is 40.4 Å². The first-order valence-corrected chi connectivity index (χ1v) is 15.1. The number of likely N-dealkylation sites (tertiary alicyclic amines) is 1. The molecular weight excluding hydrogens is 520 g/mol. The van der Waals surface area contributed by atoms with Gasteiger partial charge >= 0.3 is 0 Å². The minimum absolute atomic E-state index is 0.627. The Morgan fingerprint density at radius 1 is 0.950 bits per heavy atom. The van der Waals surface area contributed by atoms with Crippen LogP contribution in [-0.2, 0) is 24.1 Å². The predicted molar refractivity (Wildman–Crippen MR) is 163 cm³/mol. The van der Waals surface area contributed by atoms with Crippen molar-refractivity contribution in [3.63, 3.8) is 0 Å². The van der Waals surface area contributed by atoms with E-state index in [2.05, 4.69) is 94.1 Å². The van der Waals surface area contributed by atoms with Crippen LogP contribution in [0.3, 0.4) is 0 Å². The lowest BCUT2D eigenvalue weighted by Crippen LogP contribution is -2.32. The molecule has 0 amide bonds. The second-order valence-electron chi connectivity index (χ2n) is 10.7. The van der Waals surface area contributed by atoms with Gasteiger partial charge in [0.15, 0.2) is 0 Å². The molecule has 2 aliphatic rings. The summed E-state index contributed by atoms with van der Waals surface area (Å²) in [4.78, 5) is 12.3. The molecule has 40 heavy (non-hydrogen) atoms. The highest BCUT2D eigenvalue weighted by Crippen LogP contribution is 2.31. The molecule has 4 N–H and O–H groups in total. The predicted octanol–water partition coefficient (Wildman–Crippen LogP) is 5.82. The van der Waals surface area contributed by atoms with Crippen LogP contribution >= 0.6 is 0 Å². The van der Waals surface area contributed by atoms with E-state index in [1.54, 1.807) is 0 Å². The van der Waals surface area contributed by atoms with Crippen LogP contribution in [0, 0.1) is 13.8 Å². The van der Waals surface area contributed by atoms with E-state index in [0.29, 0.717) is 5.95 Å². The highest BCUT2D eigenvalue weighted by atomic mass is 32.2. The summed E-state index contributed by atoms with van der Waals surface area (Å²) < 4.78 is 17.6. The number of nitrogens with zero attached hydrogens (tertiary/aromatic N) is 3. The Kier molecular flexibility index (Phi) is 9.06. The summed E-state index contributed by atoms with van der Waals surface area (Å²) in [5, 5.41) is 12.2. The number of hydrogen-bond acceptors (Lipinski definition) is 7. The molecule has 2 unspecified atom stereocenters. The van der Waals surface area contributed by atoms with Gasteiger partial charge in [0.05, 0.1) is 11.2 Å². The Bertz CT molecular complexity index is 1480. The molecule has 0 saturated carbocycles. The number of fused-ring (bicyclic) bond motifs is 2. The third-order valence-electron chi connectivity index (χ3n) is 7.96. The fourth-order valence-electron chi connectivity index (χ4n) is 5.93. The molecule has 8 nitrogen and oxygen atoms in total. The van der Waals surface area contributed by atoms with Crippen molar-refractivity contribution in [3.05, 3.63) is 83.0 Å². The number of benzene rings is 3. The summed E-state index contributed by atoms with van der Waals surface area (Å²) in [5.41, 5.74) is 9.52. The van der Waals surface area contributed by atoms with Crippen LogP contribution in [-0.4, -0.2) is 42.8 Å². The number of nitrogens with one attached hydrogen (secondary N) is 2. The number of anilines is 4. The lowest BCUT2D eigenvalue weighted by molar-refractivity contribution is 0.222. The van der Waals surface area contributed by atoms with Crippen LogP contribution in [0.1, 0.15) is 47.9 Å². The number of hydrogen-bond donors (Lipinski definition) is 3. The van der Waals surface area contributed by atoms with Gasteiger partial charge in [0.2, 0.25) is 5.95 Å². The first-order chi connectivity index (χ1) is 19.4. The smallest absolute Gasteiger partial charge is 0.227 e. The minimum atomic E-state index is -2.36. The number of aryl methyl sites for hydroxylation is 4. The summed E-state index contributed by atoms with van der Waals surface area (Å²) in [7, 11) is 0. The quantitative estimate of drug-likeness (QED) is 0.209. The molecule has 0 spiro atoms. The molecule has 1 fully saturated rings. The van der Waals surface area contributed by atoms with Crippen molar-refractivity contribution in [2.45, 2.75) is 58.4 Å². The topological polar surface area (TPSA) is 119 Å². The highest BCUT2D eigenvalue weighted by molar-refractivity contribution is 7.76. The second-order valence-corrected chi connectivity index (χ2v) is 11.2. The molecule has 0 radical (unpaired) electrons. The normalized spacial score (nSPS) is 17.9. The third-order valence-corrected chi connectivity index (χ3v) is 7.96. The molecular formula is C31H37N6O2S-. The Morgan fingerprint density at radius 3 is 2.35 bits per heavy atom. The molecule has 0 bridgehead atoms. The standard InChI is InChI=1S/C31H35N5.H3NO2S/c1-21-7-5-8-22(2)29(21)34-28-10-6-9-25-20-32-31(35-30(25)28)33-26-14-11-23-12-15-27(16-13-24(23)19-26)36-17-3-4-18-36;1-4(2)3/h5-11,14,19-20,27,34H,3-4,12-13,15-18H2,1-2H3,(H,32,33,35);1H2,(H,2,3)/p-1. The van der Waals surface area contributed by atoms with Crippen molar-refractivity contribution >= 4 is 45.2 Å². The van der Waals surface area contributed by atoms with Crippen molar-refractivity contribution in [1.29, 1.82) is 0 Å². The maximum atomic E-state index is 8.78. The van der Waals surface area contributed by atoms with Gasteiger partial charge in [0.1, 0.15) is 0 Å². The number of aromatic nitrogens is 2. The summed E-state index contributed by atoms with van der Waals surface area (Å²) in [5.74, 6) is 0.627. The average molecular weight is 558 g/mol. The summed E-state index contributed by atoms with van der Waals surface area (Å²) in [6.45, 7) is 6.84. The van der Waals surface area contributed by atoms with Gasteiger partial charge in [0.25, 0.3) is 0 Å². The minimum Gasteiger partial charge on any atom is -0.760 e. The van der Waals surface area contributed by atoms with Gasteiger partial charge in [-0.05, 0) is 106 Å². The zero-order chi connectivity index (χ0) is 28.1. The Morgan fingerprint density at radius 2 is 1.62 bits per heavy atom. The van der Waals surface area contributed by atoms with Gasteiger partial charge in [-0.2, -0.15) is 0 Å². The first kappa shape index (κ1) is 28.2. The zero-order valence-electron chi connectivity index (χ0n) is 23.2. The maximum absolute atomic E-state index is 8.78. The van der Waals surface area contributed by atoms with Gasteiger partial charge in [0, 0.05) is 40.3 Å². The van der Waals surface area contributed by atoms with Gasteiger partial charge in [-0.25, -0.2) is 9.97 Å². The van der Waals surface area contributed by atoms with E-state index in [-0.39, 0.29) is 0 Å². The SMILES string of the molecule is Cc1cccc(C)c1Nc1cccc2cnc(Nc3ccc4c(c3)CCC(N3CCCC3)CC4)nc12.NS(=O)[O-]. The molecule has 6 rings (SSSR count). The van der Waals surface area contributed by atoms with Crippen molar-refractivity contribution in [1.82, 2.24) is 14.9 Å². The van der Waals surface area contributed by atoms with E-state index >= 15 is 0 Å². The van der Waals surface area contributed by atoms with E-state index in [9.17, 15) is 0 Å². The third kappa shape index (κ3) is 6.85. The van der Waals surface area contributed by atoms with Crippen LogP contribution in [0.4, 0.5) is 23.0 Å². The largest absolute Gasteiger partial charge is 0.760 e. The zero-order valence-corrected chi connectivity index (χ0v) is 24.0. The molecule has 2 heterocycles. The van der Waals surface area contributed by atoms with Crippen LogP contribution < -0.4 is 15.8 Å². The van der Waals surface area contributed by atoms with Crippen molar-refractivity contribution in [2.75, 3.05) is 23.7 Å². The maximum Gasteiger partial charge on any atom is 0.227 e. The van der Waals surface area contributed by atoms with Crippen LogP contribution in [0.15, 0.2) is 60.8 Å². The Labute approximate surface area is 238 Å². The van der Waals surface area contributed by atoms with E-state index < -0.39 is 11.3 Å². The number of para-hydroxylation sites is 2. The first-order valence-electron chi connectivity index (χ1n) is 13.9. The molecule has 1 aromatic heterocycles. The van der Waals surface area contributed by atoms with Gasteiger partial charge in [-0.1, -0.05) is 36.4 Å². The summed E-state index contributed by atoms with van der Waals surface area (Å²) in [6, 6.07) is 20.1. The average Bonchev–Trinajstić information content (AvgIpc) is 3.38. The van der Waals surface area contributed by atoms with Gasteiger partial charge < -0.3 is 20.1 Å². The molecule has 1 aliphatic heterocycles. The molecule has 9 heteroatoms. The van der Waals surface area contributed by atoms with E-state index in [4.69, 9.17) is 13.7 Å². The lowest BCUT2D eigenvalue weighted by Gasteiger charge is -2.25. The van der Waals surface area contributed by atoms with E-state index in [1.807, 2.05) is 6.20 Å². The van der Waals surface area contributed by atoms with Gasteiger partial charge in [-0.15, -0.1) is 0 Å². The fourth-order valence-corrected chi connectivity index (χ4v) is 5.93. The Hall–Kier alpha value is -3.37. The van der Waals surface area contributed by atoms with Crippen LogP contribution in [0.2, 0.25) is 0 Å². The molecule has 2 atom stereocenters. The number of rotatable bonds is 5. The monoisotopic (exact) mass is 557 g/mol. The summed E-state index contributed by atoms with van der Waals surface area (Å²) in [6.07, 6.45) is 9.51. The highest BCUT2D eigenvalue weighted by Gasteiger charge is 2.24.